The number of aromatic nitrogens is 2. The standard InChI is InChI=1S/C11H11Cl2N3O2.C6H14N2O.C2H6/c1-2-18-9(17)5-16-6-14-10-7(12)3-4-8(13)15-11(10)16;7-1-2-8-3-5-9-6-4-8;1-2/h4,6H,2-3,5H2,1H3;1-7H2;1-2H3. The molecule has 0 atom stereocenters. The average molecular weight is 448 g/mol. The van der Waals surface area contributed by atoms with Gasteiger partial charge in [0, 0.05) is 32.6 Å². The van der Waals surface area contributed by atoms with E-state index in [1.54, 1.807) is 17.6 Å². The maximum atomic E-state index is 11.4. The lowest BCUT2D eigenvalue weighted by atomic mass is 10.4. The summed E-state index contributed by atoms with van der Waals surface area (Å²) in [5, 5.41) is 1.43. The van der Waals surface area contributed by atoms with E-state index in [1.807, 2.05) is 13.8 Å². The Labute approximate surface area is 182 Å². The lowest BCUT2D eigenvalue weighted by Crippen LogP contribution is -2.39. The van der Waals surface area contributed by atoms with E-state index in [0.717, 1.165) is 39.4 Å². The molecule has 3 rings (SSSR count). The van der Waals surface area contributed by atoms with Gasteiger partial charge in [-0.15, -0.1) is 0 Å². The molecule has 2 N–H and O–H groups in total. The van der Waals surface area contributed by atoms with E-state index in [1.165, 1.54) is 6.33 Å². The molecule has 0 amide bonds. The maximum absolute atomic E-state index is 11.4. The molecule has 2 aliphatic rings. The Balaban J connectivity index is 0.000000321. The highest BCUT2D eigenvalue weighted by Gasteiger charge is 2.11. The maximum Gasteiger partial charge on any atom is 0.326 e. The number of imidazole rings is 1. The van der Waals surface area contributed by atoms with Crippen LogP contribution in [0.4, 0.5) is 0 Å². The average Bonchev–Trinajstić information content (AvgIpc) is 3.04. The second-order valence-corrected chi connectivity index (χ2v) is 6.68. The Bertz CT molecular complexity index is 771. The Hall–Kier alpha value is -1.45. The summed E-state index contributed by atoms with van der Waals surface area (Å²) in [5.74, 6) is -0.353. The van der Waals surface area contributed by atoms with E-state index in [0.29, 0.717) is 34.1 Å². The number of carbonyl (C=O) groups excluding carboxylic acids is 1. The lowest BCUT2D eigenvalue weighted by Gasteiger charge is -2.25. The molecular weight excluding hydrogens is 417 g/mol. The highest BCUT2D eigenvalue weighted by atomic mass is 35.5. The van der Waals surface area contributed by atoms with Crippen molar-refractivity contribution in [1.29, 1.82) is 0 Å². The second-order valence-electron chi connectivity index (χ2n) is 5.84. The fourth-order valence-corrected chi connectivity index (χ4v) is 2.94. The summed E-state index contributed by atoms with van der Waals surface area (Å²) in [6, 6.07) is 0. The molecule has 0 saturated carbocycles. The second kappa shape index (κ2) is 14.5. The minimum absolute atomic E-state index is 0.0357. The molecule has 0 radical (unpaired) electrons. The van der Waals surface area contributed by atoms with Gasteiger partial charge in [0.1, 0.15) is 17.1 Å². The highest BCUT2D eigenvalue weighted by Crippen LogP contribution is 2.13. The van der Waals surface area contributed by atoms with Crippen LogP contribution in [0.5, 0.6) is 0 Å². The fourth-order valence-electron chi connectivity index (χ4n) is 2.57. The number of hydrogen-bond donors (Lipinski definition) is 1. The SMILES string of the molecule is CC.CCOC(=O)Cn1cnc2c1=NC(Cl)=CCC=2Cl.NCCN1CCOCC1. The van der Waals surface area contributed by atoms with Gasteiger partial charge >= 0.3 is 5.97 Å². The molecule has 0 bridgehead atoms. The van der Waals surface area contributed by atoms with Crippen molar-refractivity contribution >= 4 is 34.2 Å². The summed E-state index contributed by atoms with van der Waals surface area (Å²) in [7, 11) is 0. The number of rotatable bonds is 5. The number of fused-ring (bicyclic) bond motifs is 1. The molecule has 0 spiro atoms. The Morgan fingerprint density at radius 2 is 2.00 bits per heavy atom. The number of morpholine rings is 1. The van der Waals surface area contributed by atoms with Crippen molar-refractivity contribution in [1.82, 2.24) is 14.5 Å². The summed E-state index contributed by atoms with van der Waals surface area (Å²) in [6.07, 6.45) is 3.68. The molecule has 29 heavy (non-hydrogen) atoms. The minimum Gasteiger partial charge on any atom is -0.465 e. The summed E-state index contributed by atoms with van der Waals surface area (Å²) < 4.78 is 11.6. The zero-order valence-electron chi connectivity index (χ0n) is 17.4. The molecule has 0 unspecified atom stereocenters. The van der Waals surface area contributed by atoms with Crippen LogP contribution in [0, 0.1) is 0 Å². The summed E-state index contributed by atoms with van der Waals surface area (Å²) in [5.41, 5.74) is 5.86. The van der Waals surface area contributed by atoms with Crippen LogP contribution in [-0.2, 0) is 20.8 Å². The molecule has 164 valence electrons. The quantitative estimate of drug-likeness (QED) is 0.538. The Morgan fingerprint density at radius 1 is 1.31 bits per heavy atom. The van der Waals surface area contributed by atoms with Gasteiger partial charge in [-0.2, -0.15) is 0 Å². The smallest absolute Gasteiger partial charge is 0.326 e. The molecule has 0 aromatic carbocycles. The van der Waals surface area contributed by atoms with Crippen molar-refractivity contribution in [3.63, 3.8) is 0 Å². The molecule has 1 saturated heterocycles. The zero-order valence-corrected chi connectivity index (χ0v) is 18.9. The van der Waals surface area contributed by atoms with Gasteiger partial charge < -0.3 is 19.8 Å². The molecule has 10 heteroatoms. The van der Waals surface area contributed by atoms with Crippen molar-refractivity contribution < 1.29 is 14.3 Å². The van der Waals surface area contributed by atoms with Crippen LogP contribution in [0.15, 0.2) is 22.6 Å². The Kier molecular flexibility index (Phi) is 12.8. The molecule has 1 aromatic rings. The largest absolute Gasteiger partial charge is 0.465 e. The third-order valence-electron chi connectivity index (χ3n) is 3.88. The number of esters is 1. The van der Waals surface area contributed by atoms with Crippen molar-refractivity contribution in [3.8, 4) is 0 Å². The van der Waals surface area contributed by atoms with Gasteiger partial charge in [0.05, 0.1) is 31.2 Å². The van der Waals surface area contributed by atoms with E-state index in [4.69, 9.17) is 38.4 Å². The highest BCUT2D eigenvalue weighted by molar-refractivity contribution is 6.45. The summed E-state index contributed by atoms with van der Waals surface area (Å²) >= 11 is 12.0. The van der Waals surface area contributed by atoms with Gasteiger partial charge in [-0.3, -0.25) is 9.69 Å². The summed E-state index contributed by atoms with van der Waals surface area (Å²) in [6.45, 7) is 11.8. The number of nitrogens with zero attached hydrogens (tertiary/aromatic N) is 4. The monoisotopic (exact) mass is 447 g/mol. The van der Waals surface area contributed by atoms with Crippen LogP contribution in [-0.4, -0.2) is 66.4 Å². The number of hydrogen-bond acceptors (Lipinski definition) is 7. The van der Waals surface area contributed by atoms with Crippen molar-refractivity contribution in [2.75, 3.05) is 46.0 Å². The first-order valence-electron chi connectivity index (χ1n) is 9.85. The number of allylic oxidation sites excluding steroid dienone is 1. The van der Waals surface area contributed by atoms with Crippen LogP contribution >= 0.6 is 23.2 Å². The van der Waals surface area contributed by atoms with Gasteiger partial charge in [-0.1, -0.05) is 37.0 Å². The van der Waals surface area contributed by atoms with E-state index in [-0.39, 0.29) is 12.5 Å². The molecule has 0 aliphatic carbocycles. The predicted octanol–water partition coefficient (Wildman–Crippen LogP) is 1.20. The first-order valence-corrected chi connectivity index (χ1v) is 10.6. The first kappa shape index (κ1) is 25.6. The van der Waals surface area contributed by atoms with E-state index >= 15 is 0 Å². The van der Waals surface area contributed by atoms with Crippen molar-refractivity contribution in [2.24, 2.45) is 10.7 Å². The van der Waals surface area contributed by atoms with Crippen LogP contribution in [0.3, 0.4) is 0 Å². The molecule has 8 nitrogen and oxygen atoms in total. The van der Waals surface area contributed by atoms with Gasteiger partial charge in [0.25, 0.3) is 0 Å². The van der Waals surface area contributed by atoms with Crippen LogP contribution in [0.1, 0.15) is 27.2 Å². The van der Waals surface area contributed by atoms with Crippen molar-refractivity contribution in [2.45, 2.75) is 33.7 Å². The molecule has 3 heterocycles. The molecule has 2 aliphatic heterocycles. The summed E-state index contributed by atoms with van der Waals surface area (Å²) in [4.78, 5) is 22.1. The fraction of sp³-hybridized carbons (Fsp3) is 0.632. The number of carbonyl (C=O) groups is 1. The van der Waals surface area contributed by atoms with E-state index < -0.39 is 0 Å². The van der Waals surface area contributed by atoms with E-state index in [9.17, 15) is 4.79 Å². The van der Waals surface area contributed by atoms with Gasteiger partial charge in [-0.05, 0) is 13.0 Å². The van der Waals surface area contributed by atoms with Crippen LogP contribution < -0.4 is 16.6 Å². The normalized spacial score (nSPS) is 16.1. The third-order valence-corrected chi connectivity index (χ3v) is 4.46. The van der Waals surface area contributed by atoms with E-state index in [2.05, 4.69) is 14.9 Å². The lowest BCUT2D eigenvalue weighted by molar-refractivity contribution is -0.143. The predicted molar refractivity (Wildman–Crippen MR) is 115 cm³/mol. The van der Waals surface area contributed by atoms with Crippen molar-refractivity contribution in [3.05, 3.63) is 28.4 Å². The first-order chi connectivity index (χ1) is 14.0. The minimum atomic E-state index is -0.353. The molecular formula is C19H31Cl2N5O3. The topological polar surface area (TPSA) is 95.0 Å². The molecule has 1 fully saturated rings. The van der Waals surface area contributed by atoms with Gasteiger partial charge in [0.15, 0.2) is 5.49 Å². The Morgan fingerprint density at radius 3 is 2.62 bits per heavy atom. The van der Waals surface area contributed by atoms with Crippen LogP contribution in [0.2, 0.25) is 0 Å². The number of nitrogens with two attached hydrogens (primary N) is 1. The van der Waals surface area contributed by atoms with Crippen LogP contribution in [0.25, 0.3) is 5.03 Å². The van der Waals surface area contributed by atoms with Gasteiger partial charge in [0.2, 0.25) is 0 Å². The number of halogens is 2. The zero-order chi connectivity index (χ0) is 21.6. The molecule has 1 aromatic heterocycles. The van der Waals surface area contributed by atoms with Gasteiger partial charge in [-0.25, -0.2) is 9.98 Å². The number of ether oxygens (including phenoxy) is 2. The third kappa shape index (κ3) is 8.84.